The topological polar surface area (TPSA) is 71.1 Å². The number of nitrogens with one attached hydrogen (secondary N) is 2. The van der Waals surface area contributed by atoms with E-state index in [1.165, 1.54) is 23.6 Å². The third-order valence-corrected chi connectivity index (χ3v) is 4.62. The lowest BCUT2D eigenvalue weighted by molar-refractivity contribution is 0.0952. The number of anilines is 1. The Balaban J connectivity index is 1.75. The number of hydrogen-bond acceptors (Lipinski definition) is 4. The van der Waals surface area contributed by atoms with Crippen molar-refractivity contribution < 1.29 is 9.59 Å². The molecule has 2 aromatic heterocycles. The molecule has 3 rings (SSSR count). The van der Waals surface area contributed by atoms with Crippen molar-refractivity contribution in [2.24, 2.45) is 0 Å². The molecule has 2 amide bonds. The van der Waals surface area contributed by atoms with E-state index in [2.05, 4.69) is 15.6 Å². The number of carbonyl (C=O) groups is 2. The Kier molecular flexibility index (Phi) is 4.33. The average Bonchev–Trinajstić information content (AvgIpc) is 3.17. The summed E-state index contributed by atoms with van der Waals surface area (Å²) in [7, 11) is 0. The number of hydrogen-bond donors (Lipinski definition) is 2. The molecule has 0 spiro atoms. The molecule has 0 aliphatic heterocycles. The van der Waals surface area contributed by atoms with Gasteiger partial charge in [0, 0.05) is 12.2 Å². The predicted molar refractivity (Wildman–Crippen MR) is 87.0 cm³/mol. The number of aromatic nitrogens is 1. The summed E-state index contributed by atoms with van der Waals surface area (Å²) in [4.78, 5) is 28.1. The Hall–Kier alpha value is -1.63. The third-order valence-electron chi connectivity index (χ3n) is 3.11. The highest BCUT2D eigenvalue weighted by Crippen LogP contribution is 2.27. The molecule has 0 unspecified atom stereocenters. The Morgan fingerprint density at radius 2 is 2.05 bits per heavy atom. The van der Waals surface area contributed by atoms with Gasteiger partial charge >= 0.3 is 0 Å². The molecule has 0 bridgehead atoms. The van der Waals surface area contributed by atoms with Gasteiger partial charge in [0.05, 0.1) is 16.1 Å². The maximum Gasteiger partial charge on any atom is 0.257 e. The van der Waals surface area contributed by atoms with E-state index >= 15 is 0 Å². The van der Waals surface area contributed by atoms with Gasteiger partial charge in [-0.15, -0.1) is 11.3 Å². The fraction of sp³-hybridized carbons (Fsp3) is 0.214. The summed E-state index contributed by atoms with van der Waals surface area (Å²) in [5, 5.41) is 8.18. The Morgan fingerprint density at radius 3 is 2.73 bits per heavy atom. The van der Waals surface area contributed by atoms with Crippen molar-refractivity contribution in [1.29, 1.82) is 0 Å². The molecule has 1 aliphatic carbocycles. The van der Waals surface area contributed by atoms with Gasteiger partial charge in [0.25, 0.3) is 11.8 Å². The van der Waals surface area contributed by atoms with Gasteiger partial charge in [-0.1, -0.05) is 23.2 Å². The average molecular weight is 356 g/mol. The molecule has 1 aliphatic rings. The lowest BCUT2D eigenvalue weighted by Gasteiger charge is -2.07. The van der Waals surface area contributed by atoms with Crippen LogP contribution >= 0.6 is 34.5 Å². The van der Waals surface area contributed by atoms with Crippen LogP contribution in [-0.2, 0) is 0 Å². The van der Waals surface area contributed by atoms with Gasteiger partial charge in [0.1, 0.15) is 10.2 Å². The van der Waals surface area contributed by atoms with Crippen molar-refractivity contribution >= 4 is 51.4 Å². The zero-order chi connectivity index (χ0) is 15.7. The highest BCUT2D eigenvalue weighted by molar-refractivity contribution is 7.14. The van der Waals surface area contributed by atoms with Crippen molar-refractivity contribution in [2.75, 3.05) is 5.32 Å². The number of pyridine rings is 1. The third kappa shape index (κ3) is 3.40. The van der Waals surface area contributed by atoms with Gasteiger partial charge in [-0.2, -0.15) is 0 Å². The first-order valence-electron chi connectivity index (χ1n) is 6.55. The normalized spacial score (nSPS) is 13.7. The van der Waals surface area contributed by atoms with E-state index in [9.17, 15) is 9.59 Å². The second-order valence-electron chi connectivity index (χ2n) is 4.86. The van der Waals surface area contributed by atoms with E-state index in [-0.39, 0.29) is 27.7 Å². The molecule has 22 heavy (non-hydrogen) atoms. The smallest absolute Gasteiger partial charge is 0.257 e. The molecule has 114 valence electrons. The number of halogens is 2. The van der Waals surface area contributed by atoms with Crippen LogP contribution in [0.25, 0.3) is 0 Å². The quantitative estimate of drug-likeness (QED) is 0.823. The lowest BCUT2D eigenvalue weighted by atomic mass is 10.2. The van der Waals surface area contributed by atoms with Gasteiger partial charge in [0.2, 0.25) is 0 Å². The first kappa shape index (κ1) is 15.3. The zero-order valence-corrected chi connectivity index (χ0v) is 13.6. The molecule has 0 atom stereocenters. The van der Waals surface area contributed by atoms with Crippen molar-refractivity contribution in [1.82, 2.24) is 10.3 Å². The molecule has 2 aromatic rings. The fourth-order valence-corrected chi connectivity index (χ4v) is 2.85. The standard InChI is InChI=1S/C14H11Cl2N3O2S/c15-10-5-7(6-17-11(10)16)12(20)19-14-9(3-4-22-14)13(21)18-8-1-2-8/h3-6,8H,1-2H2,(H,18,21)(H,19,20). The molecule has 1 saturated carbocycles. The number of nitrogens with zero attached hydrogens (tertiary/aromatic N) is 1. The van der Waals surface area contributed by atoms with Crippen LogP contribution in [0.4, 0.5) is 5.00 Å². The van der Waals surface area contributed by atoms with Crippen LogP contribution in [0.2, 0.25) is 10.2 Å². The second kappa shape index (κ2) is 6.24. The molecular formula is C14H11Cl2N3O2S. The van der Waals surface area contributed by atoms with E-state index in [0.717, 1.165) is 12.8 Å². The Morgan fingerprint density at radius 1 is 1.27 bits per heavy atom. The van der Waals surface area contributed by atoms with Gasteiger partial charge in [-0.3, -0.25) is 9.59 Å². The summed E-state index contributed by atoms with van der Waals surface area (Å²) < 4.78 is 0. The minimum Gasteiger partial charge on any atom is -0.349 e. The maximum atomic E-state index is 12.2. The first-order chi connectivity index (χ1) is 10.5. The summed E-state index contributed by atoms with van der Waals surface area (Å²) in [6, 6.07) is 3.38. The maximum absolute atomic E-state index is 12.2. The van der Waals surface area contributed by atoms with Crippen LogP contribution in [0.15, 0.2) is 23.7 Å². The number of thiophene rings is 1. The molecule has 1 fully saturated rings. The zero-order valence-electron chi connectivity index (χ0n) is 11.2. The fourth-order valence-electron chi connectivity index (χ4n) is 1.80. The number of amides is 2. The minimum absolute atomic E-state index is 0.138. The van der Waals surface area contributed by atoms with Gasteiger partial charge < -0.3 is 10.6 Å². The van der Waals surface area contributed by atoms with E-state index in [1.54, 1.807) is 11.4 Å². The van der Waals surface area contributed by atoms with Gasteiger partial charge in [-0.05, 0) is 30.4 Å². The summed E-state index contributed by atoms with van der Waals surface area (Å²) in [5.41, 5.74) is 0.731. The van der Waals surface area contributed by atoms with Crippen molar-refractivity contribution in [3.63, 3.8) is 0 Å². The monoisotopic (exact) mass is 355 g/mol. The van der Waals surface area contributed by atoms with E-state index in [1.807, 2.05) is 0 Å². The summed E-state index contributed by atoms with van der Waals surface area (Å²) in [6.07, 6.45) is 3.35. The molecule has 5 nitrogen and oxygen atoms in total. The van der Waals surface area contributed by atoms with Crippen LogP contribution in [0.3, 0.4) is 0 Å². The number of carbonyl (C=O) groups excluding carboxylic acids is 2. The molecule has 0 saturated heterocycles. The molecular weight excluding hydrogens is 345 g/mol. The van der Waals surface area contributed by atoms with Crippen molar-refractivity contribution in [3.05, 3.63) is 45.0 Å². The predicted octanol–water partition coefficient (Wildman–Crippen LogP) is 3.59. The minimum atomic E-state index is -0.394. The van der Waals surface area contributed by atoms with Crippen LogP contribution in [0, 0.1) is 0 Å². The molecule has 2 N–H and O–H groups in total. The molecule has 8 heteroatoms. The van der Waals surface area contributed by atoms with Gasteiger partial charge in [0.15, 0.2) is 0 Å². The summed E-state index contributed by atoms with van der Waals surface area (Å²) >= 11 is 12.9. The highest BCUT2D eigenvalue weighted by Gasteiger charge is 2.25. The van der Waals surface area contributed by atoms with Crippen molar-refractivity contribution in [2.45, 2.75) is 18.9 Å². The van der Waals surface area contributed by atoms with Crippen LogP contribution in [0.1, 0.15) is 33.6 Å². The van der Waals surface area contributed by atoms with Gasteiger partial charge in [-0.25, -0.2) is 4.98 Å². The molecule has 0 radical (unpaired) electrons. The Bertz CT molecular complexity index is 743. The van der Waals surface area contributed by atoms with Crippen LogP contribution in [-0.4, -0.2) is 22.8 Å². The summed E-state index contributed by atoms with van der Waals surface area (Å²) in [6.45, 7) is 0. The molecule has 0 aromatic carbocycles. The van der Waals surface area contributed by atoms with E-state index < -0.39 is 5.91 Å². The summed E-state index contributed by atoms with van der Waals surface area (Å²) in [5.74, 6) is -0.569. The SMILES string of the molecule is O=C(Nc1sccc1C(=O)NC1CC1)c1cnc(Cl)c(Cl)c1. The van der Waals surface area contributed by atoms with Crippen LogP contribution < -0.4 is 10.6 Å². The van der Waals surface area contributed by atoms with Crippen molar-refractivity contribution in [3.8, 4) is 0 Å². The number of rotatable bonds is 4. The van der Waals surface area contributed by atoms with E-state index in [4.69, 9.17) is 23.2 Å². The van der Waals surface area contributed by atoms with E-state index in [0.29, 0.717) is 10.6 Å². The Labute approximate surface area is 140 Å². The lowest BCUT2D eigenvalue weighted by Crippen LogP contribution is -2.26. The van der Waals surface area contributed by atoms with Crippen LogP contribution in [0.5, 0.6) is 0 Å². The second-order valence-corrected chi connectivity index (χ2v) is 6.54. The largest absolute Gasteiger partial charge is 0.349 e. The molecule has 2 heterocycles. The highest BCUT2D eigenvalue weighted by atomic mass is 35.5. The first-order valence-corrected chi connectivity index (χ1v) is 8.19.